The van der Waals surface area contributed by atoms with Gasteiger partial charge < -0.3 is 0 Å². The Bertz CT molecular complexity index is 50.2. The Balaban J connectivity index is 0. The maximum atomic E-state index is 2.30. The van der Waals surface area contributed by atoms with E-state index in [0.29, 0.717) is 0 Å². The zero-order valence-electron chi connectivity index (χ0n) is 8.89. The van der Waals surface area contributed by atoms with Crippen LogP contribution in [0.4, 0.5) is 0 Å². The highest BCUT2D eigenvalue weighted by Crippen LogP contribution is 2.40. The number of hydrogen-bond acceptors (Lipinski definition) is 0. The van der Waals surface area contributed by atoms with Gasteiger partial charge in [-0.15, -0.1) is 0 Å². The van der Waals surface area contributed by atoms with Crippen LogP contribution in [0.3, 0.4) is 0 Å². The molecule has 2 heteroatoms. The van der Waals surface area contributed by atoms with Crippen LogP contribution in [0.15, 0.2) is 0 Å². The molecule has 0 saturated carbocycles. The van der Waals surface area contributed by atoms with Crippen molar-refractivity contribution >= 4 is 14.5 Å². The molecule has 0 rings (SSSR count). The van der Waals surface area contributed by atoms with Crippen LogP contribution >= 0.6 is 14.5 Å². The smallest absolute Gasteiger partial charge is 0.00222 e. The van der Waals surface area contributed by atoms with Crippen LogP contribution in [0, 0.1) is 0 Å². The van der Waals surface area contributed by atoms with E-state index in [-0.39, 0.29) is 14.5 Å². The monoisotopic (exact) mass is 182 g/mol. The van der Waals surface area contributed by atoms with Crippen molar-refractivity contribution in [3.63, 3.8) is 0 Å². The molecule has 0 atom stereocenters. The lowest BCUT2D eigenvalue weighted by atomic mass is 11.8. The predicted octanol–water partition coefficient (Wildman–Crippen LogP) is 3.05. The van der Waals surface area contributed by atoms with E-state index >= 15 is 0 Å². The van der Waals surface area contributed by atoms with E-state index in [2.05, 4.69) is 53.3 Å². The van der Waals surface area contributed by atoms with Crippen LogP contribution in [-0.4, -0.2) is 53.3 Å². The molecule has 0 spiro atoms. The molecular weight excluding hydrogens is 158 g/mol. The molecule has 0 amide bonds. The van der Waals surface area contributed by atoms with E-state index in [9.17, 15) is 0 Å². The van der Waals surface area contributed by atoms with Gasteiger partial charge in [0.05, 0.1) is 0 Å². The second kappa shape index (κ2) is 4.68. The summed E-state index contributed by atoms with van der Waals surface area (Å²) < 4.78 is 0. The summed E-state index contributed by atoms with van der Waals surface area (Å²) >= 11 is 0. The largest absolute Gasteiger partial charge is 0.0481 e. The third-order valence-corrected chi connectivity index (χ3v) is 0. The first-order chi connectivity index (χ1) is 4.00. The summed E-state index contributed by atoms with van der Waals surface area (Å²) in [7, 11) is -0.778. The fraction of sp³-hybridized carbons (Fsp3) is 1.00. The molecule has 0 heterocycles. The van der Waals surface area contributed by atoms with Gasteiger partial charge in [0.2, 0.25) is 0 Å². The van der Waals surface area contributed by atoms with E-state index < -0.39 is 0 Å². The van der Waals surface area contributed by atoms with Crippen molar-refractivity contribution in [1.29, 1.82) is 0 Å². The summed E-state index contributed by atoms with van der Waals surface area (Å²) in [5.41, 5.74) is 0. The highest BCUT2D eigenvalue weighted by atomic mass is 31.2. The van der Waals surface area contributed by atoms with E-state index in [1.807, 2.05) is 0 Å². The first-order valence-corrected chi connectivity index (χ1v) is 10.7. The Kier molecular flexibility index (Phi) is 6.29. The zero-order valence-corrected chi connectivity index (χ0v) is 10.7. The van der Waals surface area contributed by atoms with Crippen molar-refractivity contribution in [1.82, 2.24) is 0 Å². The molecule has 0 aliphatic heterocycles. The van der Waals surface area contributed by atoms with E-state index in [1.54, 1.807) is 0 Å². The zero-order chi connectivity index (χ0) is 9.00. The molecule has 0 nitrogen and oxygen atoms in total. The highest BCUT2D eigenvalue weighted by Gasteiger charge is 2.03. The van der Waals surface area contributed by atoms with Crippen molar-refractivity contribution in [2.45, 2.75) is 0 Å². The van der Waals surface area contributed by atoms with E-state index in [1.165, 1.54) is 0 Å². The van der Waals surface area contributed by atoms with Crippen molar-refractivity contribution in [2.75, 3.05) is 53.3 Å². The predicted molar refractivity (Wildman–Crippen MR) is 61.2 cm³/mol. The van der Waals surface area contributed by atoms with Crippen LogP contribution in [0.25, 0.3) is 0 Å². The van der Waals surface area contributed by atoms with Gasteiger partial charge in [-0.2, -0.15) is 0 Å². The van der Waals surface area contributed by atoms with Gasteiger partial charge in [0.1, 0.15) is 0 Å². The minimum Gasteiger partial charge on any atom is 0.00222 e. The molecule has 0 bridgehead atoms. The van der Waals surface area contributed by atoms with Gasteiger partial charge in [-0.1, -0.05) is 0 Å². The summed E-state index contributed by atoms with van der Waals surface area (Å²) in [5, 5.41) is 0. The van der Waals surface area contributed by atoms with Gasteiger partial charge in [0, 0.05) is 67.8 Å². The minimum absolute atomic E-state index is 0.389. The Morgan fingerprint density at radius 1 is 0.400 bits per heavy atom. The summed E-state index contributed by atoms with van der Waals surface area (Å²) in [6, 6.07) is 0. The number of hydrogen-bond donors (Lipinski definition) is 0. The first-order valence-electron chi connectivity index (χ1n) is 3.58. The topological polar surface area (TPSA) is 0 Å². The lowest BCUT2D eigenvalue weighted by Crippen LogP contribution is -1.74. The maximum absolute atomic E-state index is 2.30. The van der Waals surface area contributed by atoms with Gasteiger partial charge in [0.15, 0.2) is 0 Å². The third kappa shape index (κ3) is 740. The van der Waals surface area contributed by atoms with Crippen LogP contribution in [0.1, 0.15) is 0 Å². The highest BCUT2D eigenvalue weighted by molar-refractivity contribution is 7.73. The van der Waals surface area contributed by atoms with Gasteiger partial charge >= 0.3 is 0 Å². The fourth-order valence-electron chi connectivity index (χ4n) is 0. The molecule has 0 aromatic rings. The lowest BCUT2D eigenvalue weighted by molar-refractivity contribution is 1.95. The Labute approximate surface area is 68.5 Å². The summed E-state index contributed by atoms with van der Waals surface area (Å²) in [6.45, 7) is 18.4. The molecule has 0 aliphatic rings. The van der Waals surface area contributed by atoms with Gasteiger partial charge in [-0.3, -0.25) is 0 Å². The Morgan fingerprint density at radius 2 is 0.400 bits per heavy atom. The van der Waals surface area contributed by atoms with Crippen LogP contribution in [0.2, 0.25) is 0 Å². The molecule has 0 N–H and O–H groups in total. The van der Waals surface area contributed by atoms with Crippen LogP contribution in [0.5, 0.6) is 0 Å². The van der Waals surface area contributed by atoms with E-state index in [4.69, 9.17) is 0 Å². The molecule has 0 saturated heterocycles. The molecule has 0 fully saturated rings. The molecular formula is C8H24P2+2. The molecule has 0 aliphatic carbocycles. The van der Waals surface area contributed by atoms with Crippen molar-refractivity contribution in [3.05, 3.63) is 0 Å². The quantitative estimate of drug-likeness (QED) is 0.505. The van der Waals surface area contributed by atoms with Crippen LogP contribution in [-0.2, 0) is 0 Å². The molecule has 0 aromatic carbocycles. The van der Waals surface area contributed by atoms with Crippen molar-refractivity contribution < 1.29 is 0 Å². The minimum atomic E-state index is -0.389. The standard InChI is InChI=1S/2C4H12P/c2*1-5(2,3)4/h2*1-4H3/q2*+1. The number of rotatable bonds is 0. The molecule has 64 valence electrons. The summed E-state index contributed by atoms with van der Waals surface area (Å²) in [4.78, 5) is 0. The molecule has 10 heavy (non-hydrogen) atoms. The Morgan fingerprint density at radius 3 is 0.400 bits per heavy atom. The van der Waals surface area contributed by atoms with Gasteiger partial charge in [0.25, 0.3) is 0 Å². The fourth-order valence-corrected chi connectivity index (χ4v) is 0. The van der Waals surface area contributed by atoms with Gasteiger partial charge in [-0.25, -0.2) is 0 Å². The van der Waals surface area contributed by atoms with E-state index in [0.717, 1.165) is 0 Å². The second-order valence-electron chi connectivity index (χ2n) is 5.37. The lowest BCUT2D eigenvalue weighted by Gasteiger charge is -1.97. The molecule has 0 unspecified atom stereocenters. The van der Waals surface area contributed by atoms with Crippen molar-refractivity contribution in [3.8, 4) is 0 Å². The first kappa shape index (κ1) is 13.4. The average Bonchev–Trinajstić information content (AvgIpc) is 1.12. The Hall–Kier alpha value is 0.860. The maximum Gasteiger partial charge on any atom is 0.0481 e. The third-order valence-electron chi connectivity index (χ3n) is 0. The van der Waals surface area contributed by atoms with Crippen LogP contribution < -0.4 is 0 Å². The normalized spacial score (nSPS) is 12.0. The summed E-state index contributed by atoms with van der Waals surface area (Å²) in [6.07, 6.45) is 0. The second-order valence-corrected chi connectivity index (χ2v) is 16.1. The van der Waals surface area contributed by atoms with Gasteiger partial charge in [-0.05, 0) is 0 Å². The SMILES string of the molecule is C[P+](C)(C)C.C[P+](C)(C)C. The molecule has 0 radical (unpaired) electrons. The summed E-state index contributed by atoms with van der Waals surface area (Å²) in [5.74, 6) is 0. The van der Waals surface area contributed by atoms with Crippen molar-refractivity contribution in [2.24, 2.45) is 0 Å². The molecule has 0 aromatic heterocycles. The average molecular weight is 182 g/mol.